The van der Waals surface area contributed by atoms with Crippen molar-refractivity contribution in [3.63, 3.8) is 0 Å². The van der Waals surface area contributed by atoms with Crippen LogP contribution in [0, 0.1) is 15.5 Å². The number of hydrogen-bond acceptors (Lipinski definition) is 3. The number of nitrogens with one attached hydrogen (secondary N) is 1. The van der Waals surface area contributed by atoms with Gasteiger partial charge in [-0.15, -0.1) is 0 Å². The van der Waals surface area contributed by atoms with Gasteiger partial charge >= 0.3 is 0 Å². The van der Waals surface area contributed by atoms with Crippen molar-refractivity contribution in [3.8, 4) is 0 Å². The molecule has 1 rings (SSSR count). The van der Waals surface area contributed by atoms with E-state index in [9.17, 15) is 10.1 Å². The van der Waals surface area contributed by atoms with Gasteiger partial charge in [-0.3, -0.25) is 10.1 Å². The first-order chi connectivity index (χ1) is 8.75. The molecule has 0 amide bonds. The lowest BCUT2D eigenvalue weighted by atomic mass is 9.83. The summed E-state index contributed by atoms with van der Waals surface area (Å²) in [6, 6.07) is 5.37. The Morgan fingerprint density at radius 1 is 1.42 bits per heavy atom. The van der Waals surface area contributed by atoms with Gasteiger partial charge in [-0.05, 0) is 30.9 Å². The Morgan fingerprint density at radius 3 is 2.47 bits per heavy atom. The highest BCUT2D eigenvalue weighted by atomic mass is 79.9. The monoisotopic (exact) mass is 328 g/mol. The van der Waals surface area contributed by atoms with Crippen molar-refractivity contribution in [1.29, 1.82) is 0 Å². The third kappa shape index (κ3) is 4.58. The summed E-state index contributed by atoms with van der Waals surface area (Å²) in [6.07, 6.45) is 1.89. The zero-order valence-electron chi connectivity index (χ0n) is 11.9. The maximum atomic E-state index is 10.7. The van der Waals surface area contributed by atoms with Gasteiger partial charge in [-0.25, -0.2) is 0 Å². The van der Waals surface area contributed by atoms with E-state index in [0.717, 1.165) is 22.9 Å². The molecule has 1 aromatic rings. The van der Waals surface area contributed by atoms with Crippen LogP contribution in [0.2, 0.25) is 0 Å². The summed E-state index contributed by atoms with van der Waals surface area (Å²) >= 11 is 3.41. The Morgan fingerprint density at radius 2 is 2.05 bits per heavy atom. The normalized spacial score (nSPS) is 13.3. The minimum absolute atomic E-state index is 0.122. The van der Waals surface area contributed by atoms with Crippen LogP contribution in [0.5, 0.6) is 0 Å². The number of hydrogen-bond donors (Lipinski definition) is 1. The van der Waals surface area contributed by atoms with Crippen LogP contribution in [0.25, 0.3) is 0 Å². The zero-order valence-corrected chi connectivity index (χ0v) is 13.5. The van der Waals surface area contributed by atoms with Crippen molar-refractivity contribution < 1.29 is 4.92 Å². The average molecular weight is 329 g/mol. The van der Waals surface area contributed by atoms with Gasteiger partial charge in [0.1, 0.15) is 0 Å². The van der Waals surface area contributed by atoms with E-state index in [1.54, 1.807) is 12.1 Å². The molecule has 0 aliphatic heterocycles. The molecule has 0 bridgehead atoms. The summed E-state index contributed by atoms with van der Waals surface area (Å²) in [6.45, 7) is 6.62. The van der Waals surface area contributed by atoms with E-state index < -0.39 is 0 Å². The highest BCUT2D eigenvalue weighted by Gasteiger charge is 2.22. The van der Waals surface area contributed by atoms with E-state index >= 15 is 0 Å². The number of nitro groups is 1. The van der Waals surface area contributed by atoms with Crippen LogP contribution >= 0.6 is 15.9 Å². The fourth-order valence-electron chi connectivity index (χ4n) is 2.16. The van der Waals surface area contributed by atoms with Gasteiger partial charge in [-0.1, -0.05) is 42.8 Å². The second kappa shape index (κ2) is 6.48. The molecule has 1 aromatic carbocycles. The molecule has 1 unspecified atom stereocenters. The largest absolute Gasteiger partial charge is 0.316 e. The minimum Gasteiger partial charge on any atom is -0.316 e. The molecule has 0 fully saturated rings. The van der Waals surface area contributed by atoms with E-state index in [4.69, 9.17) is 0 Å². The maximum Gasteiger partial charge on any atom is 0.270 e. The summed E-state index contributed by atoms with van der Waals surface area (Å²) < 4.78 is 0.811. The summed E-state index contributed by atoms with van der Waals surface area (Å²) in [7, 11) is 1.97. The predicted molar refractivity (Wildman–Crippen MR) is 81.4 cm³/mol. The fraction of sp³-hybridized carbons (Fsp3) is 0.571. The molecule has 0 saturated heterocycles. The molecule has 0 heterocycles. The lowest BCUT2D eigenvalue weighted by Crippen LogP contribution is -2.38. The van der Waals surface area contributed by atoms with Crippen LogP contribution in [-0.2, 0) is 6.42 Å². The highest BCUT2D eigenvalue weighted by molar-refractivity contribution is 9.10. The topological polar surface area (TPSA) is 55.2 Å². The molecule has 0 aliphatic rings. The summed E-state index contributed by atoms with van der Waals surface area (Å²) in [5.41, 5.74) is 1.42. The van der Waals surface area contributed by atoms with Crippen molar-refractivity contribution in [2.75, 3.05) is 7.05 Å². The fourth-order valence-corrected chi connectivity index (χ4v) is 2.73. The van der Waals surface area contributed by atoms with Gasteiger partial charge in [0.2, 0.25) is 0 Å². The minimum atomic E-state index is -0.375. The lowest BCUT2D eigenvalue weighted by Gasteiger charge is -2.30. The average Bonchev–Trinajstić information content (AvgIpc) is 2.29. The standard InChI is InChI=1S/C14H21BrN2O2/c1-14(2,3)13(16-4)8-6-10-5-7-11(17(18)19)9-12(10)15/h5,7,9,13,16H,6,8H2,1-4H3. The first-order valence-electron chi connectivity index (χ1n) is 6.35. The van der Waals surface area contributed by atoms with Gasteiger partial charge in [0.15, 0.2) is 0 Å². The Kier molecular flexibility index (Phi) is 5.50. The van der Waals surface area contributed by atoms with Gasteiger partial charge in [0.05, 0.1) is 4.92 Å². The quantitative estimate of drug-likeness (QED) is 0.658. The number of aryl methyl sites for hydroxylation is 1. The number of nitro benzene ring substituents is 1. The van der Waals surface area contributed by atoms with Crippen LogP contribution in [0.4, 0.5) is 5.69 Å². The van der Waals surface area contributed by atoms with E-state index in [-0.39, 0.29) is 16.0 Å². The molecular weight excluding hydrogens is 308 g/mol. The lowest BCUT2D eigenvalue weighted by molar-refractivity contribution is -0.384. The number of halogens is 1. The number of nitrogens with zero attached hydrogens (tertiary/aromatic N) is 1. The second-order valence-electron chi connectivity index (χ2n) is 5.78. The highest BCUT2D eigenvalue weighted by Crippen LogP contribution is 2.27. The first kappa shape index (κ1) is 16.1. The molecule has 19 heavy (non-hydrogen) atoms. The molecule has 0 radical (unpaired) electrons. The molecule has 0 spiro atoms. The summed E-state index contributed by atoms with van der Waals surface area (Å²) in [5, 5.41) is 14.0. The number of rotatable bonds is 5. The van der Waals surface area contributed by atoms with Crippen molar-refractivity contribution in [3.05, 3.63) is 38.3 Å². The van der Waals surface area contributed by atoms with Crippen LogP contribution in [0.1, 0.15) is 32.8 Å². The Balaban J connectivity index is 2.76. The van der Waals surface area contributed by atoms with Crippen LogP contribution in [0.15, 0.2) is 22.7 Å². The molecule has 0 aromatic heterocycles. The van der Waals surface area contributed by atoms with Crippen molar-refractivity contribution in [2.24, 2.45) is 5.41 Å². The number of benzene rings is 1. The summed E-state index contributed by atoms with van der Waals surface area (Å²) in [5.74, 6) is 0. The van der Waals surface area contributed by atoms with Crippen LogP contribution in [0.3, 0.4) is 0 Å². The van der Waals surface area contributed by atoms with Crippen molar-refractivity contribution in [2.45, 2.75) is 39.7 Å². The zero-order chi connectivity index (χ0) is 14.6. The second-order valence-corrected chi connectivity index (χ2v) is 6.63. The molecule has 1 atom stereocenters. The number of non-ortho nitro benzene ring substituents is 1. The Hall–Kier alpha value is -0.940. The Labute approximate surface area is 122 Å². The molecule has 4 nitrogen and oxygen atoms in total. The predicted octanol–water partition coefficient (Wildman–Crippen LogP) is 3.92. The smallest absolute Gasteiger partial charge is 0.270 e. The van der Waals surface area contributed by atoms with Crippen molar-refractivity contribution >= 4 is 21.6 Å². The molecule has 1 N–H and O–H groups in total. The third-order valence-corrected chi connectivity index (χ3v) is 4.08. The molecular formula is C14H21BrN2O2. The third-order valence-electron chi connectivity index (χ3n) is 3.34. The van der Waals surface area contributed by atoms with E-state index in [1.165, 1.54) is 0 Å². The molecule has 0 aliphatic carbocycles. The van der Waals surface area contributed by atoms with Crippen molar-refractivity contribution in [1.82, 2.24) is 5.32 Å². The maximum absolute atomic E-state index is 10.7. The van der Waals surface area contributed by atoms with Crippen LogP contribution in [-0.4, -0.2) is 18.0 Å². The SMILES string of the molecule is CNC(CCc1ccc([N+](=O)[O-])cc1Br)C(C)(C)C. The molecule has 0 saturated carbocycles. The van der Waals surface area contributed by atoms with Crippen LogP contribution < -0.4 is 5.32 Å². The van der Waals surface area contributed by atoms with Gasteiger partial charge in [0.25, 0.3) is 5.69 Å². The first-order valence-corrected chi connectivity index (χ1v) is 7.15. The van der Waals surface area contributed by atoms with E-state index in [2.05, 4.69) is 42.0 Å². The molecule has 5 heteroatoms. The van der Waals surface area contributed by atoms with E-state index in [0.29, 0.717) is 6.04 Å². The van der Waals surface area contributed by atoms with Gasteiger partial charge in [0, 0.05) is 22.6 Å². The summed E-state index contributed by atoms with van der Waals surface area (Å²) in [4.78, 5) is 10.3. The molecule has 106 valence electrons. The van der Waals surface area contributed by atoms with Gasteiger partial charge in [-0.2, -0.15) is 0 Å². The Bertz CT molecular complexity index is 455. The van der Waals surface area contributed by atoms with E-state index in [1.807, 2.05) is 13.1 Å². The van der Waals surface area contributed by atoms with Gasteiger partial charge < -0.3 is 5.32 Å².